The summed E-state index contributed by atoms with van der Waals surface area (Å²) < 4.78 is 5.91. The molecule has 0 spiro atoms. The smallest absolute Gasteiger partial charge is 0.246 e. The fraction of sp³-hybridized carbons (Fsp3) is 0.429. The number of halogens is 1. The predicted molar refractivity (Wildman–Crippen MR) is 78.5 cm³/mol. The number of likely N-dealkylation sites (tertiary alicyclic amines) is 1. The summed E-state index contributed by atoms with van der Waals surface area (Å²) in [5, 5.41) is 0. The van der Waals surface area contributed by atoms with Crippen LogP contribution in [0.2, 0.25) is 0 Å². The molecule has 2 heterocycles. The first kappa shape index (κ1) is 14.8. The third-order valence-electron chi connectivity index (χ3n) is 3.55. The highest BCUT2D eigenvalue weighted by Gasteiger charge is 2.30. The van der Waals surface area contributed by atoms with Crippen molar-refractivity contribution in [2.24, 2.45) is 11.7 Å². The van der Waals surface area contributed by atoms with E-state index >= 15 is 0 Å². The highest BCUT2D eigenvalue weighted by atomic mass is 79.9. The van der Waals surface area contributed by atoms with Crippen LogP contribution in [0, 0.1) is 5.92 Å². The minimum absolute atomic E-state index is 0.117. The van der Waals surface area contributed by atoms with Crippen LogP contribution >= 0.6 is 15.9 Å². The van der Waals surface area contributed by atoms with Gasteiger partial charge in [-0.25, -0.2) is 0 Å². The molecule has 0 bridgehead atoms. The highest BCUT2D eigenvalue weighted by molar-refractivity contribution is 9.10. The summed E-state index contributed by atoms with van der Waals surface area (Å²) in [5.74, 6) is -0.118. The SMILES string of the molecule is C[C@@H]1CC[C@@H](C(N)=O)CN1C(=O)/C=C\c1ccc(Br)o1. The number of carbonyl (C=O) groups is 2. The predicted octanol–water partition coefficient (Wildman–Crippen LogP) is 2.17. The van der Waals surface area contributed by atoms with Crippen LogP contribution in [-0.4, -0.2) is 29.3 Å². The summed E-state index contributed by atoms with van der Waals surface area (Å²) in [6.07, 6.45) is 4.62. The van der Waals surface area contributed by atoms with E-state index in [1.807, 2.05) is 6.92 Å². The van der Waals surface area contributed by atoms with Gasteiger partial charge in [0.05, 0.1) is 5.92 Å². The average molecular weight is 341 g/mol. The van der Waals surface area contributed by atoms with E-state index in [0.29, 0.717) is 17.0 Å². The lowest BCUT2D eigenvalue weighted by Crippen LogP contribution is -2.48. The molecule has 5 nitrogen and oxygen atoms in total. The molecule has 0 aliphatic carbocycles. The number of amides is 2. The van der Waals surface area contributed by atoms with E-state index in [9.17, 15) is 9.59 Å². The summed E-state index contributed by atoms with van der Waals surface area (Å²) in [4.78, 5) is 25.1. The van der Waals surface area contributed by atoms with Crippen molar-refractivity contribution in [2.45, 2.75) is 25.8 Å². The number of nitrogens with zero attached hydrogens (tertiary/aromatic N) is 1. The first-order valence-electron chi connectivity index (χ1n) is 6.50. The Labute approximate surface area is 125 Å². The standard InChI is InChI=1S/C14H17BrN2O3/c1-9-2-3-10(14(16)19)8-17(9)13(18)7-5-11-4-6-12(15)20-11/h4-7,9-10H,2-3,8H2,1H3,(H2,16,19)/b7-5-/t9-,10-/m1/s1. The van der Waals surface area contributed by atoms with Gasteiger partial charge < -0.3 is 15.1 Å². The van der Waals surface area contributed by atoms with E-state index in [2.05, 4.69) is 15.9 Å². The third kappa shape index (κ3) is 3.50. The van der Waals surface area contributed by atoms with Crippen LogP contribution in [0.4, 0.5) is 0 Å². The minimum atomic E-state index is -0.339. The van der Waals surface area contributed by atoms with Crippen LogP contribution in [0.3, 0.4) is 0 Å². The molecule has 2 N–H and O–H groups in total. The van der Waals surface area contributed by atoms with Crippen LogP contribution < -0.4 is 5.73 Å². The van der Waals surface area contributed by atoms with Crippen LogP contribution in [0.5, 0.6) is 0 Å². The molecule has 0 unspecified atom stereocenters. The number of rotatable bonds is 3. The van der Waals surface area contributed by atoms with E-state index in [4.69, 9.17) is 10.2 Å². The second kappa shape index (κ2) is 6.26. The molecule has 20 heavy (non-hydrogen) atoms. The van der Waals surface area contributed by atoms with Gasteiger partial charge in [-0.1, -0.05) is 0 Å². The molecular formula is C14H17BrN2O3. The van der Waals surface area contributed by atoms with Crippen molar-refractivity contribution in [2.75, 3.05) is 6.54 Å². The Balaban J connectivity index is 2.03. The Hall–Kier alpha value is -1.56. The molecule has 0 saturated carbocycles. The van der Waals surface area contributed by atoms with E-state index in [-0.39, 0.29) is 23.8 Å². The molecule has 1 aliphatic heterocycles. The molecule has 108 valence electrons. The molecule has 2 atom stereocenters. The van der Waals surface area contributed by atoms with Gasteiger partial charge in [-0.15, -0.1) is 0 Å². The van der Waals surface area contributed by atoms with Crippen LogP contribution in [0.15, 0.2) is 27.3 Å². The van der Waals surface area contributed by atoms with Crippen molar-refractivity contribution in [3.63, 3.8) is 0 Å². The van der Waals surface area contributed by atoms with E-state index in [0.717, 1.165) is 12.8 Å². The summed E-state index contributed by atoms with van der Waals surface area (Å²) in [7, 11) is 0. The maximum Gasteiger partial charge on any atom is 0.246 e. The van der Waals surface area contributed by atoms with E-state index < -0.39 is 0 Å². The van der Waals surface area contributed by atoms with Gasteiger partial charge in [0.15, 0.2) is 4.67 Å². The first-order chi connectivity index (χ1) is 9.47. The number of nitrogens with two attached hydrogens (primary N) is 1. The van der Waals surface area contributed by atoms with Gasteiger partial charge in [0.25, 0.3) is 0 Å². The average Bonchev–Trinajstić information content (AvgIpc) is 2.82. The molecule has 1 aromatic rings. The third-order valence-corrected chi connectivity index (χ3v) is 3.98. The van der Waals surface area contributed by atoms with Gasteiger partial charge in [0.2, 0.25) is 11.8 Å². The fourth-order valence-corrected chi connectivity index (χ4v) is 2.63. The molecule has 2 rings (SSSR count). The van der Waals surface area contributed by atoms with Gasteiger partial charge in [0, 0.05) is 18.7 Å². The molecule has 2 amide bonds. The van der Waals surface area contributed by atoms with Gasteiger partial charge >= 0.3 is 0 Å². The van der Waals surface area contributed by atoms with Crippen molar-refractivity contribution in [3.8, 4) is 0 Å². The van der Waals surface area contributed by atoms with Gasteiger partial charge in [-0.05, 0) is 53.9 Å². The first-order valence-corrected chi connectivity index (χ1v) is 7.30. The number of primary amides is 1. The maximum atomic E-state index is 12.2. The van der Waals surface area contributed by atoms with Crippen molar-refractivity contribution in [3.05, 3.63) is 28.6 Å². The molecule has 1 aliphatic rings. The zero-order valence-corrected chi connectivity index (χ0v) is 12.8. The monoisotopic (exact) mass is 340 g/mol. The van der Waals surface area contributed by atoms with Crippen molar-refractivity contribution < 1.29 is 14.0 Å². The van der Waals surface area contributed by atoms with Crippen LogP contribution in [0.1, 0.15) is 25.5 Å². The zero-order chi connectivity index (χ0) is 14.7. The molecule has 1 saturated heterocycles. The Morgan fingerprint density at radius 1 is 1.45 bits per heavy atom. The fourth-order valence-electron chi connectivity index (χ4n) is 2.31. The molecule has 0 radical (unpaired) electrons. The van der Waals surface area contributed by atoms with Gasteiger partial charge in [-0.2, -0.15) is 0 Å². The quantitative estimate of drug-likeness (QED) is 0.856. The Kier molecular flexibility index (Phi) is 4.65. The van der Waals surface area contributed by atoms with E-state index in [1.54, 1.807) is 23.1 Å². The minimum Gasteiger partial charge on any atom is -0.450 e. The van der Waals surface area contributed by atoms with Crippen LogP contribution in [-0.2, 0) is 9.59 Å². The number of furan rings is 1. The molecule has 1 aromatic heterocycles. The summed E-state index contributed by atoms with van der Waals surface area (Å²) in [6.45, 7) is 2.37. The molecule has 6 heteroatoms. The Morgan fingerprint density at radius 2 is 2.20 bits per heavy atom. The lowest BCUT2D eigenvalue weighted by Gasteiger charge is -2.36. The van der Waals surface area contributed by atoms with E-state index in [1.165, 1.54) is 6.08 Å². The summed E-state index contributed by atoms with van der Waals surface area (Å²) in [5.41, 5.74) is 5.33. The number of hydrogen-bond donors (Lipinski definition) is 1. The normalized spacial score (nSPS) is 23.2. The number of carbonyl (C=O) groups excluding carboxylic acids is 2. The summed E-state index contributed by atoms with van der Waals surface area (Å²) >= 11 is 3.20. The number of hydrogen-bond acceptors (Lipinski definition) is 3. The number of piperidine rings is 1. The van der Waals surface area contributed by atoms with Crippen LogP contribution in [0.25, 0.3) is 6.08 Å². The molecule has 1 fully saturated rings. The zero-order valence-electron chi connectivity index (χ0n) is 11.2. The molecular weight excluding hydrogens is 324 g/mol. The summed E-state index contributed by atoms with van der Waals surface area (Å²) in [6, 6.07) is 3.64. The highest BCUT2D eigenvalue weighted by Crippen LogP contribution is 2.22. The lowest BCUT2D eigenvalue weighted by atomic mass is 9.93. The largest absolute Gasteiger partial charge is 0.450 e. The lowest BCUT2D eigenvalue weighted by molar-refractivity contribution is -0.133. The van der Waals surface area contributed by atoms with Gasteiger partial charge in [0.1, 0.15) is 5.76 Å². The van der Waals surface area contributed by atoms with Gasteiger partial charge in [-0.3, -0.25) is 9.59 Å². The Bertz CT molecular complexity index is 538. The molecule has 0 aromatic carbocycles. The van der Waals surface area contributed by atoms with Crippen molar-refractivity contribution in [1.29, 1.82) is 0 Å². The second-order valence-corrected chi connectivity index (χ2v) is 5.77. The van der Waals surface area contributed by atoms with Crippen molar-refractivity contribution in [1.82, 2.24) is 4.90 Å². The maximum absolute atomic E-state index is 12.2. The van der Waals surface area contributed by atoms with Crippen molar-refractivity contribution >= 4 is 33.8 Å². The Morgan fingerprint density at radius 3 is 2.80 bits per heavy atom. The topological polar surface area (TPSA) is 76.5 Å². The second-order valence-electron chi connectivity index (χ2n) is 4.99.